The molecule has 0 spiro atoms. The van der Waals surface area contributed by atoms with Crippen LogP contribution in [0.25, 0.3) is 0 Å². The minimum Gasteiger partial charge on any atom is -0.214 e. The molecule has 0 aliphatic carbocycles. The Labute approximate surface area is 70.3 Å². The van der Waals surface area contributed by atoms with Gasteiger partial charge >= 0.3 is 0 Å². The number of nitriles is 2. The fourth-order valence-corrected chi connectivity index (χ4v) is 0.546. The number of nitrogens with one attached hydrogen (secondary N) is 1. The van der Waals surface area contributed by atoms with E-state index in [2.05, 4.69) is 10.7 Å². The second-order valence-corrected chi connectivity index (χ2v) is 1.93. The third kappa shape index (κ3) is 5.15. The molecule has 0 fully saturated rings. The fourth-order valence-electron chi connectivity index (χ4n) is 0.546. The number of hydrogen-bond acceptors (Lipinski definition) is 5. The molecule has 0 aromatic heterocycles. The average Bonchev–Trinajstić information content (AvgIpc) is 2.11. The molecule has 0 bridgehead atoms. The van der Waals surface area contributed by atoms with Gasteiger partial charge in [0.2, 0.25) is 0 Å². The first-order valence-electron chi connectivity index (χ1n) is 3.43. The third-order valence-corrected chi connectivity index (χ3v) is 1.07. The molecule has 0 saturated carbocycles. The van der Waals surface area contributed by atoms with Gasteiger partial charge in [-0.15, -0.1) is 4.91 Å². The molecule has 0 heterocycles. The molecule has 0 saturated heterocycles. The van der Waals surface area contributed by atoms with Gasteiger partial charge in [0.05, 0.1) is 30.4 Å². The van der Waals surface area contributed by atoms with E-state index < -0.39 is 0 Å². The van der Waals surface area contributed by atoms with Gasteiger partial charge in [-0.2, -0.15) is 15.6 Å². The molecule has 0 aromatic rings. The van der Waals surface area contributed by atoms with Crippen molar-refractivity contribution in [2.75, 3.05) is 13.1 Å². The second kappa shape index (κ2) is 7.45. The maximum absolute atomic E-state index is 10.0. The fraction of sp³-hybridized carbons (Fsp3) is 0.667. The molecule has 1 N–H and O–H groups in total. The summed E-state index contributed by atoms with van der Waals surface area (Å²) in [6, 6.07) is 3.78. The summed E-state index contributed by atoms with van der Waals surface area (Å²) in [6.07, 6.45) is 0.532. The topological polar surface area (TPSA) is 92.3 Å². The SMILES string of the molecule is N#CCCNN(CCC#N)N=O. The monoisotopic (exact) mass is 167 g/mol. The van der Waals surface area contributed by atoms with Gasteiger partial charge < -0.3 is 0 Å². The van der Waals surface area contributed by atoms with E-state index in [1.165, 1.54) is 0 Å². The lowest BCUT2D eigenvalue weighted by Crippen LogP contribution is -2.34. The van der Waals surface area contributed by atoms with Crippen molar-refractivity contribution in [3.63, 3.8) is 0 Å². The summed E-state index contributed by atoms with van der Waals surface area (Å²) in [5, 5.41) is 20.0. The van der Waals surface area contributed by atoms with Crippen molar-refractivity contribution in [3.05, 3.63) is 4.91 Å². The van der Waals surface area contributed by atoms with Crippen LogP contribution in [0, 0.1) is 27.6 Å². The van der Waals surface area contributed by atoms with E-state index in [1.54, 1.807) is 0 Å². The summed E-state index contributed by atoms with van der Waals surface area (Å²) >= 11 is 0. The van der Waals surface area contributed by atoms with E-state index >= 15 is 0 Å². The first-order valence-corrected chi connectivity index (χ1v) is 3.43. The van der Waals surface area contributed by atoms with Crippen LogP contribution in [0.1, 0.15) is 12.8 Å². The van der Waals surface area contributed by atoms with Gasteiger partial charge in [0.1, 0.15) is 0 Å². The summed E-state index contributed by atoms with van der Waals surface area (Å²) in [6.45, 7) is 0.610. The Hall–Kier alpha value is -1.66. The van der Waals surface area contributed by atoms with Crippen molar-refractivity contribution >= 4 is 0 Å². The Morgan fingerprint density at radius 1 is 1.33 bits per heavy atom. The largest absolute Gasteiger partial charge is 0.214 e. The van der Waals surface area contributed by atoms with Gasteiger partial charge in [-0.25, -0.2) is 5.43 Å². The number of hydrogen-bond donors (Lipinski definition) is 1. The first-order chi connectivity index (χ1) is 5.85. The molecule has 0 rings (SSSR count). The minimum atomic E-state index is 0.227. The lowest BCUT2D eigenvalue weighted by molar-refractivity contribution is 0.200. The van der Waals surface area contributed by atoms with E-state index in [1.807, 2.05) is 12.1 Å². The number of nitroso groups, excluding NO2 is 1. The van der Waals surface area contributed by atoms with Gasteiger partial charge in [0.25, 0.3) is 0 Å². The Morgan fingerprint density at radius 3 is 2.50 bits per heavy atom. The van der Waals surface area contributed by atoms with Crippen LogP contribution < -0.4 is 5.43 Å². The highest BCUT2D eigenvalue weighted by molar-refractivity contribution is 4.71. The molecular weight excluding hydrogens is 158 g/mol. The molecular formula is C6H9N5O. The van der Waals surface area contributed by atoms with Crippen LogP contribution >= 0.6 is 0 Å². The highest BCUT2D eigenvalue weighted by Crippen LogP contribution is 1.86. The summed E-state index contributed by atoms with van der Waals surface area (Å²) in [5.41, 5.74) is 2.59. The van der Waals surface area contributed by atoms with Crippen LogP contribution in [0.2, 0.25) is 0 Å². The van der Waals surface area contributed by atoms with Crippen molar-refractivity contribution in [1.82, 2.24) is 10.5 Å². The predicted octanol–water partition coefficient (Wildman–Crippen LogP) is 0.302. The lowest BCUT2D eigenvalue weighted by Gasteiger charge is -2.12. The maximum Gasteiger partial charge on any atom is 0.0695 e. The normalized spacial score (nSPS) is 8.17. The Bertz CT molecular complexity index is 203. The van der Waals surface area contributed by atoms with Crippen LogP contribution in [0.5, 0.6) is 0 Å². The standard InChI is InChI=1S/C6H9N5O/c7-3-1-5-9-11(10-12)6-2-4-8/h9H,1-2,5-6H2. The quantitative estimate of drug-likeness (QED) is 0.349. The maximum atomic E-state index is 10.0. The summed E-state index contributed by atoms with van der Waals surface area (Å²) in [7, 11) is 0. The Balaban J connectivity index is 3.49. The zero-order chi connectivity index (χ0) is 9.23. The molecule has 12 heavy (non-hydrogen) atoms. The van der Waals surface area contributed by atoms with Crippen LogP contribution in [-0.2, 0) is 0 Å². The predicted molar refractivity (Wildman–Crippen MR) is 41.0 cm³/mol. The van der Waals surface area contributed by atoms with E-state index in [-0.39, 0.29) is 13.0 Å². The van der Waals surface area contributed by atoms with Gasteiger partial charge in [0, 0.05) is 13.0 Å². The molecule has 0 aliphatic heterocycles. The van der Waals surface area contributed by atoms with E-state index in [4.69, 9.17) is 10.5 Å². The smallest absolute Gasteiger partial charge is 0.0695 e. The van der Waals surface area contributed by atoms with Crippen molar-refractivity contribution < 1.29 is 0 Å². The number of nitrogens with zero attached hydrogens (tertiary/aromatic N) is 4. The van der Waals surface area contributed by atoms with E-state index in [0.29, 0.717) is 13.0 Å². The number of rotatable bonds is 6. The Kier molecular flexibility index (Phi) is 6.42. The lowest BCUT2D eigenvalue weighted by atomic mass is 10.5. The summed E-state index contributed by atoms with van der Waals surface area (Å²) in [4.78, 5) is 10.0. The second-order valence-electron chi connectivity index (χ2n) is 1.93. The summed E-state index contributed by atoms with van der Waals surface area (Å²) < 4.78 is 0. The highest BCUT2D eigenvalue weighted by atomic mass is 16.3. The van der Waals surface area contributed by atoms with Crippen molar-refractivity contribution in [2.45, 2.75) is 12.8 Å². The molecule has 6 nitrogen and oxygen atoms in total. The van der Waals surface area contributed by atoms with E-state index in [0.717, 1.165) is 5.12 Å². The van der Waals surface area contributed by atoms with Crippen LogP contribution in [0.15, 0.2) is 5.29 Å². The van der Waals surface area contributed by atoms with Crippen molar-refractivity contribution in [2.24, 2.45) is 5.29 Å². The van der Waals surface area contributed by atoms with Gasteiger partial charge in [-0.05, 0) is 0 Å². The van der Waals surface area contributed by atoms with E-state index in [9.17, 15) is 4.91 Å². The van der Waals surface area contributed by atoms with Gasteiger partial charge in [-0.1, -0.05) is 0 Å². The highest BCUT2D eigenvalue weighted by Gasteiger charge is 1.99. The molecule has 0 radical (unpaired) electrons. The van der Waals surface area contributed by atoms with Crippen LogP contribution in [0.3, 0.4) is 0 Å². The minimum absolute atomic E-state index is 0.227. The molecule has 0 aromatic carbocycles. The zero-order valence-electron chi connectivity index (χ0n) is 6.53. The average molecular weight is 167 g/mol. The molecule has 0 aliphatic rings. The first kappa shape index (κ1) is 10.3. The number of hydrazine groups is 1. The Morgan fingerprint density at radius 2 is 2.00 bits per heavy atom. The van der Waals surface area contributed by atoms with Crippen LogP contribution in [0.4, 0.5) is 0 Å². The molecule has 64 valence electrons. The van der Waals surface area contributed by atoms with Crippen LogP contribution in [-0.4, -0.2) is 18.2 Å². The van der Waals surface area contributed by atoms with Crippen molar-refractivity contribution in [1.29, 1.82) is 10.5 Å². The molecule has 0 unspecified atom stereocenters. The summed E-state index contributed by atoms with van der Waals surface area (Å²) in [5.74, 6) is 0. The third-order valence-electron chi connectivity index (χ3n) is 1.07. The molecule has 0 amide bonds. The van der Waals surface area contributed by atoms with Gasteiger partial charge in [-0.3, -0.25) is 0 Å². The molecule has 6 heteroatoms. The van der Waals surface area contributed by atoms with Crippen molar-refractivity contribution in [3.8, 4) is 12.1 Å². The zero-order valence-corrected chi connectivity index (χ0v) is 6.53. The molecule has 0 atom stereocenters. The van der Waals surface area contributed by atoms with Gasteiger partial charge in [0.15, 0.2) is 0 Å².